The van der Waals surface area contributed by atoms with Crippen LogP contribution < -0.4 is 48.3 Å². The molecule has 27 heteroatoms. The lowest BCUT2D eigenvalue weighted by Gasteiger charge is -2.29. The van der Waals surface area contributed by atoms with Crippen molar-refractivity contribution in [1.82, 2.24) is 42.5 Å². The summed E-state index contributed by atoms with van der Waals surface area (Å²) in [6.45, 7) is 5.39. The van der Waals surface area contributed by atoms with Gasteiger partial charge < -0.3 is 78.9 Å². The molecule has 16 N–H and O–H groups in total. The van der Waals surface area contributed by atoms with E-state index < -0.39 is 177 Å². The van der Waals surface area contributed by atoms with E-state index in [1.54, 1.807) is 51.1 Å². The van der Waals surface area contributed by atoms with Crippen molar-refractivity contribution in [2.24, 2.45) is 17.6 Å². The van der Waals surface area contributed by atoms with Gasteiger partial charge in [-0.05, 0) is 37.2 Å². The van der Waals surface area contributed by atoms with E-state index in [4.69, 9.17) is 5.73 Å². The molecule has 0 saturated carbocycles. The molecule has 0 radical (unpaired) electrons. The number of carboxylic acid groups (broad SMARTS) is 4. The monoisotopic (exact) mass is 1010 g/mol. The molecule has 8 amide bonds. The van der Waals surface area contributed by atoms with Gasteiger partial charge in [-0.1, -0.05) is 70.9 Å². The summed E-state index contributed by atoms with van der Waals surface area (Å²) in [6.07, 6.45) is -2.99. The molecule has 27 nitrogen and oxygen atoms in total. The number of aliphatic hydroxyl groups excluding tert-OH is 2. The normalized spacial score (nSPS) is 15.6. The van der Waals surface area contributed by atoms with Crippen molar-refractivity contribution in [3.05, 3.63) is 35.9 Å². The zero-order chi connectivity index (χ0) is 54.1. The largest absolute Gasteiger partial charge is 0.481 e. The van der Waals surface area contributed by atoms with Gasteiger partial charge in [0.15, 0.2) is 0 Å². The van der Waals surface area contributed by atoms with Crippen LogP contribution in [0.1, 0.15) is 85.1 Å². The highest BCUT2D eigenvalue weighted by Crippen LogP contribution is 2.13. The van der Waals surface area contributed by atoms with Gasteiger partial charge in [0.1, 0.15) is 48.3 Å². The first-order valence-electron chi connectivity index (χ1n) is 22.6. The van der Waals surface area contributed by atoms with E-state index in [-0.39, 0.29) is 18.8 Å². The van der Waals surface area contributed by atoms with Crippen LogP contribution in [0.3, 0.4) is 0 Å². The van der Waals surface area contributed by atoms with Gasteiger partial charge in [-0.15, -0.1) is 0 Å². The number of carbonyl (C=O) groups excluding carboxylic acids is 8. The Kier molecular flexibility index (Phi) is 27.0. The van der Waals surface area contributed by atoms with Crippen LogP contribution in [0.4, 0.5) is 0 Å². The minimum atomic E-state index is -1.94. The Morgan fingerprint density at radius 3 is 1.30 bits per heavy atom. The number of carboxylic acids is 4. The van der Waals surface area contributed by atoms with Crippen LogP contribution in [-0.4, -0.2) is 169 Å². The Balaban J connectivity index is 3.41. The van der Waals surface area contributed by atoms with Gasteiger partial charge in [0.05, 0.1) is 25.7 Å². The van der Waals surface area contributed by atoms with Gasteiger partial charge in [-0.3, -0.25) is 57.5 Å². The van der Waals surface area contributed by atoms with Crippen LogP contribution in [-0.2, 0) is 64.0 Å². The fourth-order valence-electron chi connectivity index (χ4n) is 6.37. The minimum absolute atomic E-state index is 0.229. The van der Waals surface area contributed by atoms with Crippen LogP contribution in [0.15, 0.2) is 30.3 Å². The van der Waals surface area contributed by atoms with Gasteiger partial charge >= 0.3 is 23.9 Å². The van der Waals surface area contributed by atoms with Crippen LogP contribution in [0.5, 0.6) is 0 Å². The molecule has 0 saturated heterocycles. The van der Waals surface area contributed by atoms with E-state index in [1.165, 1.54) is 6.92 Å². The lowest BCUT2D eigenvalue weighted by molar-refractivity contribution is -0.143. The van der Waals surface area contributed by atoms with Crippen LogP contribution in [0.2, 0.25) is 0 Å². The van der Waals surface area contributed by atoms with Gasteiger partial charge in [-0.2, -0.15) is 0 Å². The molecule has 0 unspecified atom stereocenters. The Morgan fingerprint density at radius 2 is 0.873 bits per heavy atom. The average molecular weight is 1010 g/mol. The van der Waals surface area contributed by atoms with E-state index >= 15 is 0 Å². The number of nitrogens with two attached hydrogens (primary N) is 1. The number of nitrogens with one attached hydrogen (secondary N) is 8. The van der Waals surface area contributed by atoms with Crippen LogP contribution in [0.25, 0.3) is 0 Å². The molecular formula is C44H67N9O18. The molecule has 0 aliphatic carbocycles. The Morgan fingerprint density at radius 1 is 0.479 bits per heavy atom. The number of aliphatic hydroxyl groups is 2. The Bertz CT molecular complexity index is 2040. The lowest BCUT2D eigenvalue weighted by Crippen LogP contribution is -2.62. The SMILES string of the molecule is CC[C@H](C)[C@H](N)C(=O)N[C@@H](CCC(=O)O)C(=O)N[C@@H](CCC(=O)O)C(=O)N[C@@H](CO)C(=O)N[C@@H](CO)C(=O)N[C@@H](Cc1ccccc1)C(=O)N[C@H](C(=O)N[C@@H](CC(=O)O)C(=O)N[C@@H](C)C(=O)O)[C@@H](C)CC. The average Bonchev–Trinajstić information content (AvgIpc) is 3.32. The van der Waals surface area contributed by atoms with Gasteiger partial charge in [0, 0.05) is 19.3 Å². The molecule has 396 valence electrons. The first kappa shape index (κ1) is 61.8. The smallest absolute Gasteiger partial charge is 0.325 e. The third-order valence-corrected chi connectivity index (χ3v) is 11.2. The summed E-state index contributed by atoms with van der Waals surface area (Å²) in [4.78, 5) is 153. The van der Waals surface area contributed by atoms with E-state index in [2.05, 4.69) is 42.5 Å². The van der Waals surface area contributed by atoms with Crippen LogP contribution in [0, 0.1) is 11.8 Å². The predicted molar refractivity (Wildman–Crippen MR) is 246 cm³/mol. The number of rotatable bonds is 33. The Labute approximate surface area is 408 Å². The molecule has 71 heavy (non-hydrogen) atoms. The summed E-state index contributed by atoms with van der Waals surface area (Å²) >= 11 is 0. The maximum atomic E-state index is 14.0. The van der Waals surface area contributed by atoms with E-state index in [9.17, 15) is 88.2 Å². The molecular weight excluding hydrogens is 943 g/mol. The summed E-state index contributed by atoms with van der Waals surface area (Å²) in [7, 11) is 0. The van der Waals surface area contributed by atoms with E-state index in [0.717, 1.165) is 6.92 Å². The van der Waals surface area contributed by atoms with Gasteiger partial charge in [0.2, 0.25) is 47.3 Å². The molecule has 1 rings (SSSR count). The summed E-state index contributed by atoms with van der Waals surface area (Å²) in [5, 5.41) is 75.6. The summed E-state index contributed by atoms with van der Waals surface area (Å²) in [5.41, 5.74) is 6.43. The third-order valence-electron chi connectivity index (χ3n) is 11.2. The van der Waals surface area contributed by atoms with Crippen molar-refractivity contribution >= 4 is 71.1 Å². The van der Waals surface area contributed by atoms with Gasteiger partial charge in [-0.25, -0.2) is 0 Å². The predicted octanol–water partition coefficient (Wildman–Crippen LogP) is -4.18. The van der Waals surface area contributed by atoms with Crippen LogP contribution >= 0.6 is 0 Å². The molecule has 0 aliphatic heterocycles. The number of hydrogen-bond donors (Lipinski definition) is 15. The third kappa shape index (κ3) is 21.9. The van der Waals surface area contributed by atoms with Crippen molar-refractivity contribution in [3.63, 3.8) is 0 Å². The second-order valence-corrected chi connectivity index (χ2v) is 16.7. The standard InChI is InChI=1S/C44H67N9O18/c1-6-21(3)34(45)42(68)48-26(14-16-32(58)59)36(62)47-25(13-15-31(56)57)37(63)51-30(20-55)41(67)52-29(19-54)40(66)49-27(17-24-11-9-8-10-12-24)39(65)53-35(22(4)7-2)43(69)50-28(18-33(60)61)38(64)46-23(5)44(70)71/h8-12,21-23,25-30,34-35,54-55H,6-7,13-20,45H2,1-5H3,(H,46,64)(H,47,62)(H,48,68)(H,49,66)(H,50,69)(H,51,63)(H,52,67)(H,53,65)(H,56,57)(H,58,59)(H,60,61)(H,70,71)/t21-,22-,23-,25-,26-,27-,28-,29-,30-,34-,35-/m0/s1. The molecule has 1 aromatic carbocycles. The molecule has 0 heterocycles. The van der Waals surface area contributed by atoms with Gasteiger partial charge in [0.25, 0.3) is 0 Å². The fourth-order valence-corrected chi connectivity index (χ4v) is 6.37. The molecule has 0 fully saturated rings. The fraction of sp³-hybridized carbons (Fsp3) is 0.591. The summed E-state index contributed by atoms with van der Waals surface area (Å²) < 4.78 is 0. The Hall–Kier alpha value is -7.26. The summed E-state index contributed by atoms with van der Waals surface area (Å²) in [6, 6.07) is -6.59. The summed E-state index contributed by atoms with van der Waals surface area (Å²) in [5.74, 6) is -15.7. The zero-order valence-corrected chi connectivity index (χ0v) is 40.0. The number of amides is 8. The number of carbonyl (C=O) groups is 12. The quantitative estimate of drug-likeness (QED) is 0.0318. The number of aliphatic carboxylic acids is 4. The van der Waals surface area contributed by atoms with Crippen molar-refractivity contribution < 1.29 is 88.2 Å². The maximum Gasteiger partial charge on any atom is 0.325 e. The highest BCUT2D eigenvalue weighted by molar-refractivity contribution is 5.99. The topological polar surface area (TPSA) is 448 Å². The highest BCUT2D eigenvalue weighted by Gasteiger charge is 2.36. The van der Waals surface area contributed by atoms with Crippen molar-refractivity contribution in [1.29, 1.82) is 0 Å². The minimum Gasteiger partial charge on any atom is -0.481 e. The molecule has 0 aliphatic rings. The first-order valence-corrected chi connectivity index (χ1v) is 22.6. The molecule has 0 aromatic heterocycles. The first-order chi connectivity index (χ1) is 33.3. The van der Waals surface area contributed by atoms with Crippen molar-refractivity contribution in [3.8, 4) is 0 Å². The zero-order valence-electron chi connectivity index (χ0n) is 40.0. The number of benzene rings is 1. The maximum absolute atomic E-state index is 14.0. The van der Waals surface area contributed by atoms with E-state index in [1.807, 2.05) is 0 Å². The highest BCUT2D eigenvalue weighted by atomic mass is 16.4. The molecule has 1 aromatic rings. The molecule has 11 atom stereocenters. The molecule has 0 bridgehead atoms. The molecule has 0 spiro atoms. The second-order valence-electron chi connectivity index (χ2n) is 16.7. The lowest BCUT2D eigenvalue weighted by atomic mass is 9.96. The van der Waals surface area contributed by atoms with Crippen molar-refractivity contribution in [2.45, 2.75) is 140 Å². The second kappa shape index (κ2) is 31.1. The van der Waals surface area contributed by atoms with Crippen molar-refractivity contribution in [2.75, 3.05) is 13.2 Å². The van der Waals surface area contributed by atoms with E-state index in [0.29, 0.717) is 12.0 Å². The number of hydrogen-bond acceptors (Lipinski definition) is 15.